The molecule has 7 nitrogen and oxygen atoms in total. The van der Waals surface area contributed by atoms with Crippen molar-refractivity contribution in [3.8, 4) is 28.7 Å². The zero-order chi connectivity index (χ0) is 29.0. The second-order valence-corrected chi connectivity index (χ2v) is 9.24. The van der Waals surface area contributed by atoms with Crippen LogP contribution in [0.3, 0.4) is 0 Å². The molecule has 4 aromatic carbocycles. The van der Waals surface area contributed by atoms with E-state index in [9.17, 15) is 18.0 Å². The molecule has 0 spiro atoms. The van der Waals surface area contributed by atoms with E-state index in [2.05, 4.69) is 10.1 Å². The number of benzene rings is 4. The smallest absolute Gasteiger partial charge is 0.497 e. The number of amides is 2. The number of urea groups is 1. The summed E-state index contributed by atoms with van der Waals surface area (Å²) in [5, 5.41) is 2.90. The molecule has 212 valence electrons. The van der Waals surface area contributed by atoms with Crippen LogP contribution in [0.4, 0.5) is 23.7 Å². The molecule has 0 bridgehead atoms. The van der Waals surface area contributed by atoms with Gasteiger partial charge >= 0.3 is 12.4 Å². The number of methoxy groups -OCH3 is 2. The molecular weight excluding hydrogens is 537 g/mol. The lowest BCUT2D eigenvalue weighted by Crippen LogP contribution is -2.43. The number of carbonyl (C=O) groups excluding carboxylic acids is 1. The number of fused-ring (bicyclic) bond motifs is 1. The summed E-state index contributed by atoms with van der Waals surface area (Å²) in [6, 6.07) is 24.2. The zero-order valence-electron chi connectivity index (χ0n) is 22.3. The minimum Gasteiger partial charge on any atom is -0.497 e. The fraction of sp³-hybridized carbons (Fsp3) is 0.194. The summed E-state index contributed by atoms with van der Waals surface area (Å²) in [5.74, 6) is 1.92. The topological polar surface area (TPSA) is 69.3 Å². The van der Waals surface area contributed by atoms with Gasteiger partial charge in [-0.25, -0.2) is 4.79 Å². The maximum Gasteiger partial charge on any atom is 0.573 e. The fourth-order valence-corrected chi connectivity index (χ4v) is 4.86. The van der Waals surface area contributed by atoms with Crippen LogP contribution >= 0.6 is 0 Å². The molecule has 4 aromatic rings. The van der Waals surface area contributed by atoms with Crippen LogP contribution in [-0.4, -0.2) is 38.1 Å². The van der Waals surface area contributed by atoms with Gasteiger partial charge in [0.15, 0.2) is 0 Å². The molecule has 1 heterocycles. The summed E-state index contributed by atoms with van der Waals surface area (Å²) in [6.45, 7) is 0.291. The number of nitrogens with one attached hydrogen (secondary N) is 1. The van der Waals surface area contributed by atoms with E-state index in [0.717, 1.165) is 5.56 Å². The molecule has 1 unspecified atom stereocenters. The summed E-state index contributed by atoms with van der Waals surface area (Å²) in [5.41, 5.74) is 2.47. The Morgan fingerprint density at radius 1 is 0.829 bits per heavy atom. The number of hydrogen-bond acceptors (Lipinski definition) is 5. The third kappa shape index (κ3) is 6.49. The minimum atomic E-state index is -4.86. The van der Waals surface area contributed by atoms with Crippen LogP contribution in [0.2, 0.25) is 0 Å². The van der Waals surface area contributed by atoms with E-state index < -0.39 is 18.4 Å². The van der Waals surface area contributed by atoms with Gasteiger partial charge in [0, 0.05) is 23.9 Å². The van der Waals surface area contributed by atoms with Crippen LogP contribution in [0.25, 0.3) is 0 Å². The number of rotatable bonds is 7. The van der Waals surface area contributed by atoms with Gasteiger partial charge in [-0.2, -0.15) is 0 Å². The third-order valence-corrected chi connectivity index (χ3v) is 6.62. The van der Waals surface area contributed by atoms with Crippen LogP contribution in [0.5, 0.6) is 28.7 Å². The normalized spacial score (nSPS) is 14.6. The highest BCUT2D eigenvalue weighted by atomic mass is 19.4. The Labute approximate surface area is 235 Å². The number of hydrogen-bond donors (Lipinski definition) is 1. The number of para-hydroxylation sites is 1. The van der Waals surface area contributed by atoms with Gasteiger partial charge in [-0.1, -0.05) is 30.3 Å². The van der Waals surface area contributed by atoms with Crippen LogP contribution in [0.15, 0.2) is 91.0 Å². The number of nitrogens with zero attached hydrogens (tertiary/aromatic N) is 1. The van der Waals surface area contributed by atoms with Crippen LogP contribution < -0.4 is 24.3 Å². The van der Waals surface area contributed by atoms with Crippen LogP contribution in [0, 0.1) is 0 Å². The monoisotopic (exact) mass is 564 g/mol. The number of carbonyl (C=O) groups is 1. The van der Waals surface area contributed by atoms with E-state index in [1.807, 2.05) is 36.4 Å². The largest absolute Gasteiger partial charge is 0.573 e. The Balaban J connectivity index is 1.46. The van der Waals surface area contributed by atoms with Crippen molar-refractivity contribution in [2.24, 2.45) is 0 Å². The molecule has 0 radical (unpaired) electrons. The first kappa shape index (κ1) is 27.7. The van der Waals surface area contributed by atoms with E-state index >= 15 is 0 Å². The predicted octanol–water partition coefficient (Wildman–Crippen LogP) is 7.57. The molecule has 10 heteroatoms. The van der Waals surface area contributed by atoms with Gasteiger partial charge in [0.1, 0.15) is 28.7 Å². The number of anilines is 1. The van der Waals surface area contributed by atoms with Crippen molar-refractivity contribution in [1.82, 2.24) is 4.90 Å². The van der Waals surface area contributed by atoms with E-state index in [1.165, 1.54) is 32.4 Å². The highest BCUT2D eigenvalue weighted by molar-refractivity contribution is 5.90. The molecule has 1 N–H and O–H groups in total. The number of halogens is 3. The van der Waals surface area contributed by atoms with E-state index in [4.69, 9.17) is 14.2 Å². The molecule has 1 aliphatic rings. The van der Waals surface area contributed by atoms with Crippen LogP contribution in [0.1, 0.15) is 22.7 Å². The van der Waals surface area contributed by atoms with Crippen LogP contribution in [-0.2, 0) is 6.42 Å². The summed E-state index contributed by atoms with van der Waals surface area (Å²) < 4.78 is 60.1. The Bertz CT molecular complexity index is 1490. The van der Waals surface area contributed by atoms with Crippen molar-refractivity contribution >= 4 is 11.7 Å². The Hall–Kier alpha value is -4.86. The number of ether oxygens (including phenoxy) is 4. The second-order valence-electron chi connectivity index (χ2n) is 9.24. The quantitative estimate of drug-likeness (QED) is 0.251. The molecule has 1 aliphatic heterocycles. The predicted molar refractivity (Wildman–Crippen MR) is 147 cm³/mol. The summed E-state index contributed by atoms with van der Waals surface area (Å²) >= 11 is 0. The minimum absolute atomic E-state index is 0.291. The molecule has 0 saturated carbocycles. The lowest BCUT2D eigenvalue weighted by Gasteiger charge is -2.38. The van der Waals surface area contributed by atoms with Gasteiger partial charge in [0.05, 0.1) is 20.3 Å². The first-order valence-electron chi connectivity index (χ1n) is 12.7. The second kappa shape index (κ2) is 11.7. The average Bonchev–Trinajstić information content (AvgIpc) is 2.96. The third-order valence-electron chi connectivity index (χ3n) is 6.62. The molecule has 2 amide bonds. The Morgan fingerprint density at radius 3 is 2.22 bits per heavy atom. The van der Waals surface area contributed by atoms with E-state index in [-0.39, 0.29) is 5.75 Å². The summed E-state index contributed by atoms with van der Waals surface area (Å²) in [7, 11) is 3.03. The lowest BCUT2D eigenvalue weighted by atomic mass is 9.87. The van der Waals surface area contributed by atoms with Gasteiger partial charge in [0.25, 0.3) is 0 Å². The first-order valence-corrected chi connectivity index (χ1v) is 12.7. The molecule has 0 fully saturated rings. The molecule has 0 aromatic heterocycles. The first-order chi connectivity index (χ1) is 19.7. The summed E-state index contributed by atoms with van der Waals surface area (Å²) in [4.78, 5) is 15.2. The fourth-order valence-electron chi connectivity index (χ4n) is 4.86. The van der Waals surface area contributed by atoms with Gasteiger partial charge < -0.3 is 29.2 Å². The highest BCUT2D eigenvalue weighted by Crippen LogP contribution is 2.44. The van der Waals surface area contributed by atoms with Gasteiger partial charge in [0.2, 0.25) is 0 Å². The van der Waals surface area contributed by atoms with Gasteiger partial charge in [-0.15, -0.1) is 13.2 Å². The van der Waals surface area contributed by atoms with E-state index in [0.29, 0.717) is 52.8 Å². The van der Waals surface area contributed by atoms with Crippen molar-refractivity contribution < 1.29 is 36.9 Å². The molecule has 1 atom stereocenters. The number of alkyl halides is 3. The Morgan fingerprint density at radius 2 is 1.54 bits per heavy atom. The Kier molecular flexibility index (Phi) is 7.91. The van der Waals surface area contributed by atoms with Crippen molar-refractivity contribution in [2.45, 2.75) is 18.8 Å². The molecule has 0 aliphatic carbocycles. The van der Waals surface area contributed by atoms with Gasteiger partial charge in [-0.05, 0) is 72.1 Å². The molecular formula is C31H27F3N2O5. The van der Waals surface area contributed by atoms with Crippen molar-refractivity contribution in [2.75, 3.05) is 26.1 Å². The SMILES string of the molecule is COc1cc2c(c(OC)c1)C(c1cccc(OC(F)(F)F)c1)N(C(=O)Nc1ccc(Oc3ccccc3)cc1)CC2. The molecule has 5 rings (SSSR count). The summed E-state index contributed by atoms with van der Waals surface area (Å²) in [6.07, 6.45) is -4.38. The highest BCUT2D eigenvalue weighted by Gasteiger charge is 2.36. The maximum absolute atomic E-state index is 13.7. The van der Waals surface area contributed by atoms with E-state index in [1.54, 1.807) is 41.3 Å². The van der Waals surface area contributed by atoms with Crippen molar-refractivity contribution in [1.29, 1.82) is 0 Å². The van der Waals surface area contributed by atoms with Crippen molar-refractivity contribution in [3.63, 3.8) is 0 Å². The lowest BCUT2D eigenvalue weighted by molar-refractivity contribution is -0.274. The van der Waals surface area contributed by atoms with Crippen molar-refractivity contribution in [3.05, 3.63) is 108 Å². The van der Waals surface area contributed by atoms with Gasteiger partial charge in [-0.3, -0.25) is 0 Å². The average molecular weight is 565 g/mol. The zero-order valence-corrected chi connectivity index (χ0v) is 22.3. The maximum atomic E-state index is 13.7. The standard InChI is InChI=1S/C31H27F3N2O5/c1-38-26-17-20-15-16-36(30(37)35-22-11-13-24(14-12-22)40-23-8-4-3-5-9-23)29(28(20)27(19-26)39-2)21-7-6-10-25(18-21)41-31(32,33)34/h3-14,17-19,29H,15-16H2,1-2H3,(H,35,37). The molecule has 0 saturated heterocycles. The molecule has 41 heavy (non-hydrogen) atoms.